The second-order valence-electron chi connectivity index (χ2n) is 3.34. The van der Waals surface area contributed by atoms with Gasteiger partial charge in [-0.15, -0.1) is 4.28 Å². The van der Waals surface area contributed by atoms with Gasteiger partial charge in [-0.05, 0) is 12.1 Å². The van der Waals surface area contributed by atoms with Gasteiger partial charge in [-0.3, -0.25) is 4.99 Å². The van der Waals surface area contributed by atoms with E-state index in [0.717, 1.165) is 0 Å². The summed E-state index contributed by atoms with van der Waals surface area (Å²) in [7, 11) is -5.68. The van der Waals surface area contributed by atoms with Crippen LogP contribution in [0.1, 0.15) is 0 Å². The van der Waals surface area contributed by atoms with Gasteiger partial charge in [-0.1, -0.05) is 12.1 Å². The highest BCUT2D eigenvalue weighted by atomic mass is 32.2. The Hall–Kier alpha value is -1.61. The van der Waals surface area contributed by atoms with Crippen LogP contribution in [0, 0.1) is 0 Å². The first kappa shape index (κ1) is 12.8. The van der Waals surface area contributed by atoms with E-state index in [2.05, 4.69) is 9.28 Å². The summed E-state index contributed by atoms with van der Waals surface area (Å²) in [5, 5.41) is 0.630. The van der Waals surface area contributed by atoms with Gasteiger partial charge in [-0.2, -0.15) is 21.6 Å². The highest BCUT2D eigenvalue weighted by molar-refractivity contribution is 7.87. The van der Waals surface area contributed by atoms with Gasteiger partial charge in [0.1, 0.15) is 0 Å². The number of rotatable bonds is 2. The van der Waals surface area contributed by atoms with Gasteiger partial charge >= 0.3 is 15.6 Å². The number of hydrogen-bond acceptors (Lipinski definition) is 5. The third-order valence-corrected chi connectivity index (χ3v) is 3.04. The maximum atomic E-state index is 12.2. The van der Waals surface area contributed by atoms with Crippen molar-refractivity contribution < 1.29 is 25.9 Å². The number of hydrogen-bond donors (Lipinski definition) is 0. The van der Waals surface area contributed by atoms with Crippen molar-refractivity contribution in [3.8, 4) is 0 Å². The number of alkyl halides is 3. The van der Waals surface area contributed by atoms with E-state index in [1.54, 1.807) is 6.07 Å². The molecule has 1 heterocycles. The van der Waals surface area contributed by atoms with Gasteiger partial charge in [0.25, 0.3) is 0 Å². The van der Waals surface area contributed by atoms with E-state index in [4.69, 9.17) is 0 Å². The van der Waals surface area contributed by atoms with Crippen LogP contribution >= 0.6 is 0 Å². The van der Waals surface area contributed by atoms with E-state index in [9.17, 15) is 21.6 Å². The van der Waals surface area contributed by atoms with Crippen molar-refractivity contribution in [1.29, 1.82) is 0 Å². The molecule has 0 atom stereocenters. The van der Waals surface area contributed by atoms with Gasteiger partial charge in [0.05, 0.1) is 17.9 Å². The molecular formula is C9H7F3N2O3S. The molecule has 5 nitrogen and oxygen atoms in total. The van der Waals surface area contributed by atoms with Crippen LogP contribution in [0.3, 0.4) is 0 Å². The molecule has 1 aromatic carbocycles. The van der Waals surface area contributed by atoms with Crippen LogP contribution in [0.2, 0.25) is 0 Å². The first-order valence-corrected chi connectivity index (χ1v) is 6.12. The Labute approximate surface area is 101 Å². The summed E-state index contributed by atoms with van der Waals surface area (Å²) < 4.78 is 62.4. The lowest BCUT2D eigenvalue weighted by Crippen LogP contribution is -2.36. The molecule has 0 bridgehead atoms. The summed E-state index contributed by atoms with van der Waals surface area (Å²) in [6, 6.07) is 6.10. The standard InChI is InChI=1S/C9H7F3N2O3S/c10-9(11,12)18(15,16)17-14-6-5-13-7-3-1-2-4-8(7)14/h1-5H,6H2. The number of fused-ring (bicyclic) bond motifs is 1. The second-order valence-corrected chi connectivity index (χ2v) is 4.86. The summed E-state index contributed by atoms with van der Waals surface area (Å²) in [6.07, 6.45) is 1.26. The molecule has 98 valence electrons. The molecule has 0 aromatic heterocycles. The molecule has 18 heavy (non-hydrogen) atoms. The van der Waals surface area contributed by atoms with E-state index in [0.29, 0.717) is 10.8 Å². The summed E-state index contributed by atoms with van der Waals surface area (Å²) in [5.41, 5.74) is -4.97. The summed E-state index contributed by atoms with van der Waals surface area (Å²) in [4.78, 5) is 3.91. The zero-order valence-electron chi connectivity index (χ0n) is 8.76. The number of benzene rings is 1. The molecular weight excluding hydrogens is 273 g/mol. The number of hydroxylamine groups is 1. The van der Waals surface area contributed by atoms with E-state index >= 15 is 0 Å². The second kappa shape index (κ2) is 4.25. The third kappa shape index (κ3) is 2.31. The molecule has 1 aliphatic rings. The molecule has 1 aromatic rings. The normalized spacial score (nSPS) is 15.6. The topological polar surface area (TPSA) is 59.0 Å². The lowest BCUT2D eigenvalue weighted by Gasteiger charge is -2.25. The van der Waals surface area contributed by atoms with Crippen LogP contribution in [-0.4, -0.2) is 26.7 Å². The van der Waals surface area contributed by atoms with Crippen molar-refractivity contribution >= 4 is 27.7 Å². The first-order chi connectivity index (χ1) is 8.31. The molecule has 0 aliphatic carbocycles. The van der Waals surface area contributed by atoms with Crippen LogP contribution in [0.15, 0.2) is 29.3 Å². The van der Waals surface area contributed by atoms with E-state index in [1.165, 1.54) is 24.4 Å². The highest BCUT2D eigenvalue weighted by Crippen LogP contribution is 2.33. The third-order valence-electron chi connectivity index (χ3n) is 2.10. The Morgan fingerprint density at radius 3 is 2.61 bits per heavy atom. The Bertz CT molecular complexity index is 583. The first-order valence-electron chi connectivity index (χ1n) is 4.71. The zero-order chi connectivity index (χ0) is 13.4. The minimum Gasteiger partial charge on any atom is -0.257 e. The molecule has 0 amide bonds. The van der Waals surface area contributed by atoms with Gasteiger partial charge < -0.3 is 0 Å². The fraction of sp³-hybridized carbons (Fsp3) is 0.222. The largest absolute Gasteiger partial charge is 0.525 e. The summed E-state index contributed by atoms with van der Waals surface area (Å²) in [5.74, 6) is 0. The smallest absolute Gasteiger partial charge is 0.257 e. The van der Waals surface area contributed by atoms with Crippen molar-refractivity contribution in [2.24, 2.45) is 4.99 Å². The predicted molar refractivity (Wildman–Crippen MR) is 58.0 cm³/mol. The average molecular weight is 280 g/mol. The zero-order valence-corrected chi connectivity index (χ0v) is 9.57. The Balaban J connectivity index is 2.31. The summed E-state index contributed by atoms with van der Waals surface area (Å²) >= 11 is 0. The van der Waals surface area contributed by atoms with Crippen LogP contribution in [0.4, 0.5) is 24.5 Å². The maximum absolute atomic E-state index is 12.2. The number of halogens is 3. The van der Waals surface area contributed by atoms with Gasteiger partial charge in [0.15, 0.2) is 0 Å². The SMILES string of the molecule is O=S(=O)(ON1CC=Nc2ccccc21)C(F)(F)F. The van der Waals surface area contributed by atoms with Gasteiger partial charge in [0, 0.05) is 6.21 Å². The fourth-order valence-corrected chi connectivity index (χ4v) is 1.79. The van der Waals surface area contributed by atoms with Crippen molar-refractivity contribution in [1.82, 2.24) is 0 Å². The average Bonchev–Trinajstić information content (AvgIpc) is 2.27. The van der Waals surface area contributed by atoms with Crippen LogP contribution in [0.25, 0.3) is 0 Å². The fourth-order valence-electron chi connectivity index (χ4n) is 1.33. The Morgan fingerprint density at radius 1 is 1.28 bits per heavy atom. The lowest BCUT2D eigenvalue weighted by atomic mass is 10.2. The number of nitrogens with zero attached hydrogens (tertiary/aromatic N) is 2. The lowest BCUT2D eigenvalue weighted by molar-refractivity contribution is -0.0548. The monoisotopic (exact) mass is 280 g/mol. The molecule has 0 fully saturated rings. The van der Waals surface area contributed by atoms with Gasteiger partial charge in [-0.25, -0.2) is 5.06 Å². The highest BCUT2D eigenvalue weighted by Gasteiger charge is 2.49. The molecule has 0 radical (unpaired) electrons. The molecule has 0 saturated heterocycles. The van der Waals surface area contributed by atoms with Crippen molar-refractivity contribution in [3.05, 3.63) is 24.3 Å². The molecule has 0 N–H and O–H groups in total. The van der Waals surface area contributed by atoms with Crippen molar-refractivity contribution in [3.63, 3.8) is 0 Å². The van der Waals surface area contributed by atoms with Gasteiger partial charge in [0.2, 0.25) is 0 Å². The van der Waals surface area contributed by atoms with Crippen LogP contribution in [-0.2, 0) is 14.4 Å². The van der Waals surface area contributed by atoms with E-state index in [1.807, 2.05) is 0 Å². The quantitative estimate of drug-likeness (QED) is 0.777. The van der Waals surface area contributed by atoms with E-state index < -0.39 is 15.6 Å². The number of para-hydroxylation sites is 2. The Morgan fingerprint density at radius 2 is 1.94 bits per heavy atom. The molecule has 0 spiro atoms. The predicted octanol–water partition coefficient (Wildman–Crippen LogP) is 1.99. The molecule has 9 heteroatoms. The van der Waals surface area contributed by atoms with Crippen LogP contribution in [0.5, 0.6) is 0 Å². The molecule has 2 rings (SSSR count). The minimum atomic E-state index is -5.68. The number of aliphatic imine (C=N–C) groups is 1. The summed E-state index contributed by atoms with van der Waals surface area (Å²) in [6.45, 7) is -0.188. The maximum Gasteiger partial charge on any atom is 0.525 e. The molecule has 1 aliphatic heterocycles. The van der Waals surface area contributed by atoms with E-state index in [-0.39, 0.29) is 12.2 Å². The van der Waals surface area contributed by atoms with Crippen molar-refractivity contribution in [2.75, 3.05) is 11.6 Å². The molecule has 0 unspecified atom stereocenters. The minimum absolute atomic E-state index is 0.160. The molecule has 0 saturated carbocycles. The van der Waals surface area contributed by atoms with Crippen LogP contribution < -0.4 is 5.06 Å². The van der Waals surface area contributed by atoms with Crippen molar-refractivity contribution in [2.45, 2.75) is 5.51 Å². The Kier molecular flexibility index (Phi) is 3.03. The number of anilines is 1.